The fourth-order valence-electron chi connectivity index (χ4n) is 5.16. The van der Waals surface area contributed by atoms with E-state index in [1.807, 2.05) is 30.3 Å². The summed E-state index contributed by atoms with van der Waals surface area (Å²) in [5.74, 6) is 1.84. The topological polar surface area (TPSA) is 72.1 Å². The SMILES string of the molecule is COc1cccc(C2=NNC(N)(C3CCN(Cc4ccccc4)CC3)c3cc(OC)ccc32)c1. The zero-order chi connectivity index (χ0) is 23.5. The van der Waals surface area contributed by atoms with Gasteiger partial charge in [-0.15, -0.1) is 0 Å². The van der Waals surface area contributed by atoms with Crippen LogP contribution in [0.15, 0.2) is 77.9 Å². The molecule has 2 aliphatic heterocycles. The molecule has 6 nitrogen and oxygen atoms in total. The Balaban J connectivity index is 1.42. The Morgan fingerprint density at radius 3 is 2.41 bits per heavy atom. The minimum Gasteiger partial charge on any atom is -0.497 e. The molecule has 0 saturated carbocycles. The molecule has 3 aromatic rings. The number of ether oxygens (including phenoxy) is 2. The second-order valence-corrected chi connectivity index (χ2v) is 9.12. The monoisotopic (exact) mass is 456 g/mol. The first kappa shape index (κ1) is 22.4. The molecule has 1 fully saturated rings. The summed E-state index contributed by atoms with van der Waals surface area (Å²) in [5, 5.41) is 4.82. The van der Waals surface area contributed by atoms with Crippen LogP contribution in [0.3, 0.4) is 0 Å². The lowest BCUT2D eigenvalue weighted by Crippen LogP contribution is -2.59. The lowest BCUT2D eigenvalue weighted by Gasteiger charge is -2.45. The average Bonchev–Trinajstić information content (AvgIpc) is 2.90. The Hall–Kier alpha value is -3.35. The van der Waals surface area contributed by atoms with Gasteiger partial charge in [0.2, 0.25) is 0 Å². The van der Waals surface area contributed by atoms with Crippen molar-refractivity contribution >= 4 is 5.71 Å². The van der Waals surface area contributed by atoms with Crippen molar-refractivity contribution in [2.75, 3.05) is 27.3 Å². The predicted molar refractivity (Wildman–Crippen MR) is 135 cm³/mol. The van der Waals surface area contributed by atoms with Crippen LogP contribution in [0.4, 0.5) is 0 Å². The lowest BCUT2D eigenvalue weighted by molar-refractivity contribution is 0.102. The van der Waals surface area contributed by atoms with Gasteiger partial charge in [-0.1, -0.05) is 42.5 Å². The number of likely N-dealkylation sites (tertiary alicyclic amines) is 1. The molecule has 3 N–H and O–H groups in total. The van der Waals surface area contributed by atoms with E-state index in [1.165, 1.54) is 5.56 Å². The summed E-state index contributed by atoms with van der Waals surface area (Å²) in [7, 11) is 3.36. The van der Waals surface area contributed by atoms with E-state index in [1.54, 1.807) is 14.2 Å². The first-order valence-corrected chi connectivity index (χ1v) is 11.8. The number of piperidine rings is 1. The largest absolute Gasteiger partial charge is 0.497 e. The number of hydrogen-bond acceptors (Lipinski definition) is 6. The Morgan fingerprint density at radius 1 is 0.941 bits per heavy atom. The molecule has 6 heteroatoms. The van der Waals surface area contributed by atoms with Gasteiger partial charge in [0.1, 0.15) is 17.2 Å². The molecule has 3 aromatic carbocycles. The minimum absolute atomic E-state index is 0.251. The fourth-order valence-corrected chi connectivity index (χ4v) is 5.16. The van der Waals surface area contributed by atoms with Gasteiger partial charge in [0, 0.05) is 29.2 Å². The number of hydrazone groups is 1. The number of benzene rings is 3. The Kier molecular flexibility index (Phi) is 6.26. The Labute approximate surface area is 201 Å². The zero-order valence-corrected chi connectivity index (χ0v) is 19.8. The highest BCUT2D eigenvalue weighted by atomic mass is 16.5. The molecule has 0 bridgehead atoms. The van der Waals surface area contributed by atoms with Gasteiger partial charge >= 0.3 is 0 Å². The first-order chi connectivity index (χ1) is 16.6. The van der Waals surface area contributed by atoms with E-state index in [4.69, 9.17) is 20.3 Å². The molecule has 0 radical (unpaired) electrons. The van der Waals surface area contributed by atoms with Crippen LogP contribution in [-0.2, 0) is 12.2 Å². The highest BCUT2D eigenvalue weighted by molar-refractivity contribution is 6.14. The van der Waals surface area contributed by atoms with E-state index < -0.39 is 5.66 Å². The molecular formula is C28H32N4O2. The number of nitrogens with two attached hydrogens (primary N) is 1. The zero-order valence-electron chi connectivity index (χ0n) is 19.8. The van der Waals surface area contributed by atoms with Crippen LogP contribution in [0.2, 0.25) is 0 Å². The summed E-state index contributed by atoms with van der Waals surface area (Å²) in [4.78, 5) is 2.51. The summed E-state index contributed by atoms with van der Waals surface area (Å²) in [6, 6.07) is 24.7. The van der Waals surface area contributed by atoms with Crippen LogP contribution in [0.25, 0.3) is 0 Å². The number of methoxy groups -OCH3 is 2. The van der Waals surface area contributed by atoms with Crippen LogP contribution in [0, 0.1) is 5.92 Å². The van der Waals surface area contributed by atoms with E-state index >= 15 is 0 Å². The van der Waals surface area contributed by atoms with Crippen molar-refractivity contribution in [2.45, 2.75) is 25.0 Å². The third-order valence-electron chi connectivity index (χ3n) is 7.10. The molecule has 0 aromatic heterocycles. The maximum absolute atomic E-state index is 7.15. The van der Waals surface area contributed by atoms with E-state index in [9.17, 15) is 0 Å². The standard InChI is InChI=1S/C28H32N4O2/c1-33-23-10-6-9-21(17-23)27-25-12-11-24(34-2)18-26(25)28(29,31-30-27)22-13-15-32(16-14-22)19-20-7-4-3-5-8-20/h3-12,17-18,22,31H,13-16,19,29H2,1-2H3. The number of hydrogen-bond donors (Lipinski definition) is 2. The van der Waals surface area contributed by atoms with Gasteiger partial charge < -0.3 is 15.2 Å². The summed E-state index contributed by atoms with van der Waals surface area (Å²) in [6.45, 7) is 2.99. The number of fused-ring (bicyclic) bond motifs is 1. The maximum Gasteiger partial charge on any atom is 0.132 e. The highest BCUT2D eigenvalue weighted by Crippen LogP contribution is 2.39. The highest BCUT2D eigenvalue weighted by Gasteiger charge is 2.43. The van der Waals surface area contributed by atoms with Gasteiger partial charge in [-0.05, 0) is 61.8 Å². The van der Waals surface area contributed by atoms with Gasteiger partial charge in [0.15, 0.2) is 0 Å². The van der Waals surface area contributed by atoms with Crippen molar-refractivity contribution in [1.82, 2.24) is 10.3 Å². The van der Waals surface area contributed by atoms with Crippen LogP contribution >= 0.6 is 0 Å². The maximum atomic E-state index is 7.15. The number of nitrogens with one attached hydrogen (secondary N) is 1. The second kappa shape index (κ2) is 9.49. The molecular weight excluding hydrogens is 424 g/mol. The second-order valence-electron chi connectivity index (χ2n) is 9.12. The smallest absolute Gasteiger partial charge is 0.132 e. The molecule has 176 valence electrons. The van der Waals surface area contributed by atoms with Crippen LogP contribution in [-0.4, -0.2) is 37.9 Å². The van der Waals surface area contributed by atoms with Gasteiger partial charge in [-0.3, -0.25) is 10.3 Å². The fraction of sp³-hybridized carbons (Fsp3) is 0.321. The molecule has 5 rings (SSSR count). The van der Waals surface area contributed by atoms with E-state index in [2.05, 4.69) is 52.8 Å². The van der Waals surface area contributed by atoms with E-state index in [0.717, 1.165) is 66.4 Å². The molecule has 2 aliphatic rings. The van der Waals surface area contributed by atoms with E-state index in [0.29, 0.717) is 0 Å². The van der Waals surface area contributed by atoms with Gasteiger partial charge in [0.05, 0.1) is 19.9 Å². The van der Waals surface area contributed by atoms with E-state index in [-0.39, 0.29) is 5.92 Å². The van der Waals surface area contributed by atoms with Crippen molar-refractivity contribution in [1.29, 1.82) is 0 Å². The molecule has 34 heavy (non-hydrogen) atoms. The lowest BCUT2D eigenvalue weighted by atomic mass is 9.77. The quantitative estimate of drug-likeness (QED) is 0.585. The Morgan fingerprint density at radius 2 is 1.68 bits per heavy atom. The first-order valence-electron chi connectivity index (χ1n) is 11.8. The molecule has 0 spiro atoms. The van der Waals surface area contributed by atoms with Crippen molar-refractivity contribution in [2.24, 2.45) is 16.8 Å². The third kappa shape index (κ3) is 4.27. The average molecular weight is 457 g/mol. The van der Waals surface area contributed by atoms with Gasteiger partial charge in [-0.25, -0.2) is 0 Å². The Bertz CT molecular complexity index is 1170. The normalized spacial score (nSPS) is 20.7. The van der Waals surface area contributed by atoms with Crippen molar-refractivity contribution in [3.8, 4) is 11.5 Å². The molecule has 0 amide bonds. The summed E-state index contributed by atoms with van der Waals surface area (Å²) in [5.41, 5.74) is 15.0. The molecule has 1 saturated heterocycles. The molecule has 1 atom stereocenters. The van der Waals surface area contributed by atoms with Gasteiger partial charge in [-0.2, -0.15) is 5.10 Å². The van der Waals surface area contributed by atoms with Crippen molar-refractivity contribution in [3.05, 3.63) is 95.1 Å². The molecule has 2 heterocycles. The number of nitrogens with zero attached hydrogens (tertiary/aromatic N) is 2. The third-order valence-corrected chi connectivity index (χ3v) is 7.10. The summed E-state index contributed by atoms with van der Waals surface area (Å²) < 4.78 is 11.0. The van der Waals surface area contributed by atoms with Gasteiger partial charge in [0.25, 0.3) is 0 Å². The van der Waals surface area contributed by atoms with Crippen LogP contribution in [0.5, 0.6) is 11.5 Å². The van der Waals surface area contributed by atoms with Crippen molar-refractivity contribution < 1.29 is 9.47 Å². The summed E-state index contributed by atoms with van der Waals surface area (Å²) in [6.07, 6.45) is 1.99. The van der Waals surface area contributed by atoms with Crippen LogP contribution < -0.4 is 20.6 Å². The predicted octanol–water partition coefficient (Wildman–Crippen LogP) is 4.08. The summed E-state index contributed by atoms with van der Waals surface area (Å²) >= 11 is 0. The molecule has 1 unspecified atom stereocenters. The van der Waals surface area contributed by atoms with Crippen LogP contribution in [0.1, 0.15) is 35.1 Å². The minimum atomic E-state index is -0.759. The number of rotatable bonds is 6. The van der Waals surface area contributed by atoms with Crippen molar-refractivity contribution in [3.63, 3.8) is 0 Å². The molecule has 0 aliphatic carbocycles.